The van der Waals surface area contributed by atoms with E-state index in [1.165, 1.54) is 15.3 Å². The number of aromatic nitrogens is 1. The largest absolute Gasteiger partial charge is 0.324 e. The van der Waals surface area contributed by atoms with Crippen LogP contribution in [0.2, 0.25) is 0 Å². The summed E-state index contributed by atoms with van der Waals surface area (Å²) < 4.78 is 1.28. The minimum atomic E-state index is 0.207. The Morgan fingerprint density at radius 1 is 1.38 bits per heavy atom. The number of allylic oxidation sites excluding steroid dienone is 1. The fraction of sp³-hybridized carbons (Fsp3) is 0.308. The van der Waals surface area contributed by atoms with Gasteiger partial charge in [-0.25, -0.2) is 4.98 Å². The Hall–Kier alpha value is -1.19. The van der Waals surface area contributed by atoms with Gasteiger partial charge in [-0.2, -0.15) is 0 Å². The zero-order valence-corrected chi connectivity index (χ0v) is 10.00. The van der Waals surface area contributed by atoms with Crippen molar-refractivity contribution in [1.82, 2.24) is 4.98 Å². The van der Waals surface area contributed by atoms with Gasteiger partial charge in [-0.15, -0.1) is 11.3 Å². The van der Waals surface area contributed by atoms with E-state index in [0.29, 0.717) is 5.92 Å². The Morgan fingerprint density at radius 3 is 2.94 bits per heavy atom. The standard InChI is InChI=1S/C13H14N2S/c1-8-3-2-4-11-12(8)15-13(16-11)9-5-6-10(14)7-9/h2-6,9-10H,7,14H2,1H3. The third kappa shape index (κ3) is 1.56. The minimum absolute atomic E-state index is 0.207. The molecule has 1 aromatic carbocycles. The van der Waals surface area contributed by atoms with Gasteiger partial charge in [0.05, 0.1) is 10.2 Å². The van der Waals surface area contributed by atoms with Crippen LogP contribution in [0, 0.1) is 6.92 Å². The predicted octanol–water partition coefficient (Wildman–Crippen LogP) is 2.98. The summed E-state index contributed by atoms with van der Waals surface area (Å²) in [5, 5.41) is 1.20. The van der Waals surface area contributed by atoms with Gasteiger partial charge in [-0.1, -0.05) is 24.3 Å². The Labute approximate surface area is 98.8 Å². The number of thiazole rings is 1. The van der Waals surface area contributed by atoms with Crippen molar-refractivity contribution in [2.45, 2.75) is 25.3 Å². The number of nitrogens with two attached hydrogens (primary N) is 1. The molecule has 1 aliphatic carbocycles. The summed E-state index contributed by atoms with van der Waals surface area (Å²) in [6.45, 7) is 2.11. The van der Waals surface area contributed by atoms with Gasteiger partial charge in [0.1, 0.15) is 5.01 Å². The first-order chi connectivity index (χ1) is 7.74. The molecule has 82 valence electrons. The minimum Gasteiger partial charge on any atom is -0.324 e. The van der Waals surface area contributed by atoms with Crippen LogP contribution in [0.4, 0.5) is 0 Å². The topological polar surface area (TPSA) is 38.9 Å². The summed E-state index contributed by atoms with van der Waals surface area (Å²) >= 11 is 1.79. The van der Waals surface area contributed by atoms with E-state index in [1.54, 1.807) is 11.3 Å². The fourth-order valence-electron chi connectivity index (χ4n) is 2.17. The molecular weight excluding hydrogens is 216 g/mol. The summed E-state index contributed by atoms with van der Waals surface area (Å²) in [6, 6.07) is 6.55. The molecule has 0 amide bonds. The Bertz CT molecular complexity index is 556. The summed E-state index contributed by atoms with van der Waals surface area (Å²) in [7, 11) is 0. The van der Waals surface area contributed by atoms with Crippen molar-refractivity contribution in [2.24, 2.45) is 5.73 Å². The van der Waals surface area contributed by atoms with E-state index < -0.39 is 0 Å². The highest BCUT2D eigenvalue weighted by Gasteiger charge is 2.20. The zero-order chi connectivity index (χ0) is 11.1. The monoisotopic (exact) mass is 230 g/mol. The van der Waals surface area contributed by atoms with Crippen molar-refractivity contribution in [2.75, 3.05) is 0 Å². The lowest BCUT2D eigenvalue weighted by Crippen LogP contribution is -2.14. The first-order valence-electron chi connectivity index (χ1n) is 5.54. The molecule has 1 aromatic heterocycles. The number of para-hydroxylation sites is 1. The zero-order valence-electron chi connectivity index (χ0n) is 9.18. The van der Waals surface area contributed by atoms with Crippen LogP contribution in [0.25, 0.3) is 10.2 Å². The highest BCUT2D eigenvalue weighted by molar-refractivity contribution is 7.18. The number of benzene rings is 1. The molecule has 0 aliphatic heterocycles. The molecule has 3 rings (SSSR count). The number of hydrogen-bond donors (Lipinski definition) is 1. The van der Waals surface area contributed by atoms with Crippen LogP contribution < -0.4 is 5.73 Å². The van der Waals surface area contributed by atoms with Crippen LogP contribution in [0.1, 0.15) is 22.9 Å². The third-order valence-electron chi connectivity index (χ3n) is 3.07. The summed E-state index contributed by atoms with van der Waals surface area (Å²) in [6.07, 6.45) is 5.28. The van der Waals surface area contributed by atoms with E-state index >= 15 is 0 Å². The third-order valence-corrected chi connectivity index (χ3v) is 4.22. The van der Waals surface area contributed by atoms with E-state index in [9.17, 15) is 0 Å². The first-order valence-corrected chi connectivity index (χ1v) is 6.35. The van der Waals surface area contributed by atoms with E-state index in [0.717, 1.165) is 11.9 Å². The highest BCUT2D eigenvalue weighted by atomic mass is 32.1. The average Bonchev–Trinajstić information content (AvgIpc) is 2.84. The van der Waals surface area contributed by atoms with E-state index in [4.69, 9.17) is 10.7 Å². The molecule has 0 bridgehead atoms. The average molecular weight is 230 g/mol. The van der Waals surface area contributed by atoms with Crippen molar-refractivity contribution in [3.8, 4) is 0 Å². The van der Waals surface area contributed by atoms with E-state index in [1.807, 2.05) is 0 Å². The lowest BCUT2D eigenvalue weighted by Gasteiger charge is -2.03. The summed E-state index contributed by atoms with van der Waals surface area (Å²) in [4.78, 5) is 4.74. The van der Waals surface area contributed by atoms with Crippen molar-refractivity contribution < 1.29 is 0 Å². The van der Waals surface area contributed by atoms with Gasteiger partial charge >= 0.3 is 0 Å². The lowest BCUT2D eigenvalue weighted by atomic mass is 10.1. The van der Waals surface area contributed by atoms with Crippen molar-refractivity contribution in [1.29, 1.82) is 0 Å². The number of rotatable bonds is 1. The second-order valence-electron chi connectivity index (χ2n) is 4.36. The van der Waals surface area contributed by atoms with Crippen LogP contribution >= 0.6 is 11.3 Å². The van der Waals surface area contributed by atoms with Gasteiger partial charge in [0.2, 0.25) is 0 Å². The molecule has 0 radical (unpaired) electrons. The molecule has 0 spiro atoms. The van der Waals surface area contributed by atoms with E-state index in [-0.39, 0.29) is 6.04 Å². The predicted molar refractivity (Wildman–Crippen MR) is 68.8 cm³/mol. The fourth-order valence-corrected chi connectivity index (χ4v) is 3.31. The smallest absolute Gasteiger partial charge is 0.101 e. The first kappa shape index (κ1) is 10.00. The van der Waals surface area contributed by atoms with Crippen molar-refractivity contribution in [3.05, 3.63) is 40.9 Å². The molecule has 2 unspecified atom stereocenters. The summed E-state index contributed by atoms with van der Waals surface area (Å²) in [5.74, 6) is 0.423. The van der Waals surface area contributed by atoms with E-state index in [2.05, 4.69) is 37.3 Å². The van der Waals surface area contributed by atoms with Crippen LogP contribution in [0.15, 0.2) is 30.4 Å². The van der Waals surface area contributed by atoms with Gasteiger partial charge in [0.25, 0.3) is 0 Å². The van der Waals surface area contributed by atoms with Crippen molar-refractivity contribution >= 4 is 21.6 Å². The number of aryl methyl sites for hydroxylation is 1. The second-order valence-corrected chi connectivity index (χ2v) is 5.43. The molecule has 1 aliphatic rings. The normalized spacial score (nSPS) is 24.4. The quantitative estimate of drug-likeness (QED) is 0.765. The Kier molecular flexibility index (Phi) is 2.30. The van der Waals surface area contributed by atoms with Gasteiger partial charge in [-0.05, 0) is 25.0 Å². The molecule has 2 aromatic rings. The number of fused-ring (bicyclic) bond motifs is 1. The number of nitrogens with zero attached hydrogens (tertiary/aromatic N) is 1. The van der Waals surface area contributed by atoms with Crippen LogP contribution in [0.5, 0.6) is 0 Å². The molecular formula is C13H14N2S. The van der Waals surface area contributed by atoms with Gasteiger partial charge < -0.3 is 5.73 Å². The van der Waals surface area contributed by atoms with Crippen molar-refractivity contribution in [3.63, 3.8) is 0 Å². The van der Waals surface area contributed by atoms with Gasteiger partial charge in [0, 0.05) is 12.0 Å². The maximum Gasteiger partial charge on any atom is 0.101 e. The molecule has 0 saturated carbocycles. The van der Waals surface area contributed by atoms with Crippen LogP contribution in [-0.4, -0.2) is 11.0 Å². The molecule has 16 heavy (non-hydrogen) atoms. The Balaban J connectivity index is 2.06. The van der Waals surface area contributed by atoms with Crippen LogP contribution in [-0.2, 0) is 0 Å². The summed E-state index contributed by atoms with van der Waals surface area (Å²) in [5.41, 5.74) is 8.28. The molecule has 3 heteroatoms. The maximum absolute atomic E-state index is 5.88. The molecule has 1 heterocycles. The molecule has 2 atom stereocenters. The molecule has 2 N–H and O–H groups in total. The second kappa shape index (κ2) is 3.68. The number of hydrogen-bond acceptors (Lipinski definition) is 3. The Morgan fingerprint density at radius 2 is 2.25 bits per heavy atom. The SMILES string of the molecule is Cc1cccc2sc(C3C=CC(N)C3)nc12. The lowest BCUT2D eigenvalue weighted by molar-refractivity contribution is 0.708. The molecule has 0 fully saturated rings. The highest BCUT2D eigenvalue weighted by Crippen LogP contribution is 2.34. The van der Waals surface area contributed by atoms with Crippen LogP contribution in [0.3, 0.4) is 0 Å². The molecule has 2 nitrogen and oxygen atoms in total. The maximum atomic E-state index is 5.88. The van der Waals surface area contributed by atoms with Gasteiger partial charge in [0.15, 0.2) is 0 Å². The van der Waals surface area contributed by atoms with Gasteiger partial charge in [-0.3, -0.25) is 0 Å². The molecule has 0 saturated heterocycles.